The van der Waals surface area contributed by atoms with Crippen LogP contribution in [0.25, 0.3) is 0 Å². The van der Waals surface area contributed by atoms with Gasteiger partial charge >= 0.3 is 0 Å². The smallest absolute Gasteiger partial charge is 0.164 e. The predicted molar refractivity (Wildman–Crippen MR) is 119 cm³/mol. The van der Waals surface area contributed by atoms with Crippen molar-refractivity contribution >= 4 is 29.1 Å². The van der Waals surface area contributed by atoms with Gasteiger partial charge in [0.1, 0.15) is 11.6 Å². The predicted octanol–water partition coefficient (Wildman–Crippen LogP) is 7.04. The third kappa shape index (κ3) is 5.62. The zero-order valence-corrected chi connectivity index (χ0v) is 17.9. The van der Waals surface area contributed by atoms with Crippen molar-refractivity contribution in [2.45, 2.75) is 24.3 Å². The van der Waals surface area contributed by atoms with Gasteiger partial charge in [0.05, 0.1) is 7.11 Å². The second kappa shape index (κ2) is 9.95. The molecular formula is C24H22ClFO2S. The highest BCUT2D eigenvalue weighted by atomic mass is 35.5. The molecule has 0 aromatic heterocycles. The number of rotatable bonds is 8. The first kappa shape index (κ1) is 21.4. The van der Waals surface area contributed by atoms with Crippen LogP contribution in [0.2, 0.25) is 5.02 Å². The third-order valence-corrected chi connectivity index (χ3v) is 6.37. The summed E-state index contributed by atoms with van der Waals surface area (Å²) in [4.78, 5) is 12.9. The topological polar surface area (TPSA) is 26.3 Å². The number of hydrogen-bond donors (Lipinski definition) is 0. The summed E-state index contributed by atoms with van der Waals surface area (Å²) < 4.78 is 19.4. The molecule has 0 unspecified atom stereocenters. The highest BCUT2D eigenvalue weighted by Gasteiger charge is 2.20. The van der Waals surface area contributed by atoms with Crippen LogP contribution in [0.5, 0.6) is 5.75 Å². The number of ketones is 1. The average Bonchev–Trinajstić information content (AvgIpc) is 2.73. The van der Waals surface area contributed by atoms with E-state index in [0.717, 1.165) is 16.9 Å². The van der Waals surface area contributed by atoms with E-state index in [4.69, 9.17) is 16.3 Å². The largest absolute Gasteiger partial charge is 0.497 e. The molecule has 1 atom stereocenters. The summed E-state index contributed by atoms with van der Waals surface area (Å²) in [7, 11) is 1.61. The maximum Gasteiger partial charge on any atom is 0.164 e. The quantitative estimate of drug-likeness (QED) is 0.360. The molecule has 0 saturated carbocycles. The van der Waals surface area contributed by atoms with Crippen molar-refractivity contribution in [3.05, 3.63) is 99.8 Å². The van der Waals surface area contributed by atoms with E-state index in [-0.39, 0.29) is 16.9 Å². The van der Waals surface area contributed by atoms with Gasteiger partial charge in [0, 0.05) is 33.6 Å². The zero-order valence-electron chi connectivity index (χ0n) is 16.3. The van der Waals surface area contributed by atoms with Gasteiger partial charge in [-0.15, -0.1) is 11.8 Å². The maximum atomic E-state index is 14.2. The Hall–Kier alpha value is -2.30. The molecule has 150 valence electrons. The molecule has 3 aromatic carbocycles. The van der Waals surface area contributed by atoms with E-state index in [1.165, 1.54) is 17.8 Å². The monoisotopic (exact) mass is 428 g/mol. The van der Waals surface area contributed by atoms with Crippen LogP contribution in [0.3, 0.4) is 0 Å². The lowest BCUT2D eigenvalue weighted by Crippen LogP contribution is -2.06. The van der Waals surface area contributed by atoms with Crippen LogP contribution >= 0.6 is 23.4 Å². The number of hydrogen-bond acceptors (Lipinski definition) is 3. The summed E-state index contributed by atoms with van der Waals surface area (Å²) in [6, 6.07) is 19.9. The Morgan fingerprint density at radius 1 is 1.07 bits per heavy atom. The Labute approximate surface area is 180 Å². The fourth-order valence-electron chi connectivity index (χ4n) is 2.97. The minimum Gasteiger partial charge on any atom is -0.497 e. The van der Waals surface area contributed by atoms with Crippen LogP contribution in [0.4, 0.5) is 4.39 Å². The van der Waals surface area contributed by atoms with Gasteiger partial charge in [0.15, 0.2) is 5.78 Å². The molecule has 2 nitrogen and oxygen atoms in total. The first-order chi connectivity index (χ1) is 14.0. The van der Waals surface area contributed by atoms with Gasteiger partial charge < -0.3 is 4.74 Å². The lowest BCUT2D eigenvalue weighted by Gasteiger charge is -2.18. The lowest BCUT2D eigenvalue weighted by atomic mass is 10.0. The minimum atomic E-state index is -0.330. The van der Waals surface area contributed by atoms with Gasteiger partial charge in [-0.3, -0.25) is 4.79 Å². The summed E-state index contributed by atoms with van der Waals surface area (Å²) in [5.41, 5.74) is 3.24. The second-order valence-corrected chi connectivity index (χ2v) is 8.36. The molecule has 0 amide bonds. The average molecular weight is 429 g/mol. The van der Waals surface area contributed by atoms with Crippen LogP contribution in [-0.2, 0) is 5.75 Å². The van der Waals surface area contributed by atoms with Gasteiger partial charge in [-0.1, -0.05) is 59.6 Å². The first-order valence-corrected chi connectivity index (χ1v) is 10.7. The van der Waals surface area contributed by atoms with Crippen LogP contribution in [0.1, 0.15) is 38.7 Å². The van der Waals surface area contributed by atoms with E-state index in [9.17, 15) is 9.18 Å². The molecular weight excluding hydrogens is 407 g/mol. The molecule has 29 heavy (non-hydrogen) atoms. The molecule has 0 saturated heterocycles. The van der Waals surface area contributed by atoms with E-state index in [1.54, 1.807) is 19.2 Å². The Bertz CT molecular complexity index is 951. The summed E-state index contributed by atoms with van der Waals surface area (Å²) in [6.07, 6.45) is 0.312. The molecule has 0 N–H and O–H groups in total. The van der Waals surface area contributed by atoms with E-state index in [0.29, 0.717) is 28.3 Å². The summed E-state index contributed by atoms with van der Waals surface area (Å²) in [5.74, 6) is 0.851. The number of aryl methyl sites for hydroxylation is 1. The standard InChI is InChI=1S/C24H22ClFO2S/c1-16-6-8-17(9-7-16)23(27)14-24(18-10-12-19(28-2)13-11-18)29-15-20-21(25)4-3-5-22(20)26/h3-13,24H,14-15H2,1-2H3/t24-/m1/s1. The third-order valence-electron chi connectivity index (χ3n) is 4.72. The Morgan fingerprint density at radius 3 is 2.38 bits per heavy atom. The molecule has 0 spiro atoms. The van der Waals surface area contributed by atoms with E-state index >= 15 is 0 Å². The number of halogens is 2. The zero-order chi connectivity index (χ0) is 20.8. The highest BCUT2D eigenvalue weighted by Crippen LogP contribution is 2.38. The Kier molecular flexibility index (Phi) is 7.34. The molecule has 0 aliphatic heterocycles. The van der Waals surface area contributed by atoms with Crippen molar-refractivity contribution in [3.63, 3.8) is 0 Å². The van der Waals surface area contributed by atoms with Crippen molar-refractivity contribution in [1.29, 1.82) is 0 Å². The number of benzene rings is 3. The molecule has 0 heterocycles. The van der Waals surface area contributed by atoms with Crippen molar-refractivity contribution in [3.8, 4) is 5.75 Å². The molecule has 3 rings (SSSR count). The lowest BCUT2D eigenvalue weighted by molar-refractivity contribution is 0.0982. The van der Waals surface area contributed by atoms with Gasteiger partial charge in [0.25, 0.3) is 0 Å². The number of thioether (sulfide) groups is 1. The summed E-state index contributed by atoms with van der Waals surface area (Å²) in [5, 5.41) is 0.265. The molecule has 5 heteroatoms. The normalized spacial score (nSPS) is 11.9. The van der Waals surface area contributed by atoms with Crippen molar-refractivity contribution in [2.24, 2.45) is 0 Å². The maximum absolute atomic E-state index is 14.2. The number of carbonyl (C=O) groups excluding carboxylic acids is 1. The SMILES string of the molecule is COc1ccc([C@@H](CC(=O)c2ccc(C)cc2)SCc2c(F)cccc2Cl)cc1. The fraction of sp³-hybridized carbons (Fsp3) is 0.208. The van der Waals surface area contributed by atoms with E-state index in [2.05, 4.69) is 0 Å². The van der Waals surface area contributed by atoms with Crippen molar-refractivity contribution in [1.82, 2.24) is 0 Å². The van der Waals surface area contributed by atoms with Gasteiger partial charge in [-0.2, -0.15) is 0 Å². The van der Waals surface area contributed by atoms with Crippen molar-refractivity contribution in [2.75, 3.05) is 7.11 Å². The Balaban J connectivity index is 1.82. The van der Waals surface area contributed by atoms with Crippen LogP contribution in [-0.4, -0.2) is 12.9 Å². The summed E-state index contributed by atoms with van der Waals surface area (Å²) in [6.45, 7) is 1.99. The van der Waals surface area contributed by atoms with Gasteiger partial charge in [-0.25, -0.2) is 4.39 Å². The van der Waals surface area contributed by atoms with Crippen LogP contribution < -0.4 is 4.74 Å². The van der Waals surface area contributed by atoms with Crippen LogP contribution in [0.15, 0.2) is 66.7 Å². The van der Waals surface area contributed by atoms with E-state index in [1.807, 2.05) is 55.5 Å². The summed E-state index contributed by atoms with van der Waals surface area (Å²) >= 11 is 7.69. The molecule has 0 aliphatic rings. The highest BCUT2D eigenvalue weighted by molar-refractivity contribution is 7.98. The number of methoxy groups -OCH3 is 1. The van der Waals surface area contributed by atoms with Crippen LogP contribution in [0, 0.1) is 12.7 Å². The molecule has 0 bridgehead atoms. The molecule has 3 aromatic rings. The van der Waals surface area contributed by atoms with Crippen molar-refractivity contribution < 1.29 is 13.9 Å². The molecule has 0 radical (unpaired) electrons. The van der Waals surface area contributed by atoms with E-state index < -0.39 is 0 Å². The minimum absolute atomic E-state index is 0.0537. The number of Topliss-reactive ketones (excluding diaryl/α,β-unsaturated/α-hetero) is 1. The first-order valence-electron chi connectivity index (χ1n) is 9.26. The number of carbonyl (C=O) groups is 1. The second-order valence-electron chi connectivity index (χ2n) is 6.77. The molecule has 0 fully saturated rings. The fourth-order valence-corrected chi connectivity index (χ4v) is 4.56. The Morgan fingerprint density at radius 2 is 1.76 bits per heavy atom. The molecule has 0 aliphatic carbocycles. The van der Waals surface area contributed by atoms with Gasteiger partial charge in [0.2, 0.25) is 0 Å². The van der Waals surface area contributed by atoms with Gasteiger partial charge in [-0.05, 0) is 36.8 Å². The number of ether oxygens (including phenoxy) is 1.